The number of nitrogens with one attached hydrogen (secondary N) is 1. The molecule has 1 atom stereocenters. The number of urea groups is 1. The Bertz CT molecular complexity index is 738. The lowest BCUT2D eigenvalue weighted by atomic mass is 9.96. The predicted molar refractivity (Wildman–Crippen MR) is 107 cm³/mol. The predicted octanol–water partition coefficient (Wildman–Crippen LogP) is 3.05. The van der Waals surface area contributed by atoms with Crippen molar-refractivity contribution in [2.75, 3.05) is 19.4 Å². The van der Waals surface area contributed by atoms with Crippen LogP contribution in [-0.4, -0.2) is 50.9 Å². The summed E-state index contributed by atoms with van der Waals surface area (Å²) in [7, 11) is -3.55. The van der Waals surface area contributed by atoms with Crippen molar-refractivity contribution in [3.8, 4) is 5.75 Å². The largest absolute Gasteiger partial charge is 0.383 e. The van der Waals surface area contributed by atoms with Crippen LogP contribution >= 0.6 is 0 Å². The third-order valence-electron chi connectivity index (χ3n) is 5.21. The smallest absolute Gasteiger partial charge is 0.318 e. The molecule has 1 aromatic rings. The van der Waals surface area contributed by atoms with Gasteiger partial charge in [0, 0.05) is 25.7 Å². The summed E-state index contributed by atoms with van der Waals surface area (Å²) in [5.74, 6) is 0.267. The molecule has 3 rings (SSSR count). The van der Waals surface area contributed by atoms with Gasteiger partial charge < -0.3 is 19.1 Å². The molecule has 1 aromatic carbocycles. The number of rotatable bonds is 7. The highest BCUT2D eigenvalue weighted by Crippen LogP contribution is 2.20. The van der Waals surface area contributed by atoms with Crippen molar-refractivity contribution in [1.82, 2.24) is 10.2 Å². The minimum Gasteiger partial charge on any atom is -0.383 e. The van der Waals surface area contributed by atoms with E-state index in [9.17, 15) is 13.2 Å². The van der Waals surface area contributed by atoms with E-state index in [-0.39, 0.29) is 23.9 Å². The monoisotopic (exact) mass is 410 g/mol. The zero-order valence-corrected chi connectivity index (χ0v) is 17.2. The first-order valence-electron chi connectivity index (χ1n) is 10.0. The van der Waals surface area contributed by atoms with Crippen molar-refractivity contribution in [2.45, 2.75) is 63.6 Å². The Balaban J connectivity index is 1.64. The second kappa shape index (κ2) is 9.60. The van der Waals surface area contributed by atoms with Gasteiger partial charge in [0.15, 0.2) is 0 Å². The Hall–Kier alpha value is -1.80. The molecular weight excluding hydrogens is 380 g/mol. The number of hydrogen-bond acceptors (Lipinski definition) is 5. The highest BCUT2D eigenvalue weighted by atomic mass is 32.2. The van der Waals surface area contributed by atoms with Gasteiger partial charge in [0.05, 0.1) is 12.4 Å². The van der Waals surface area contributed by atoms with E-state index in [1.807, 2.05) is 0 Å². The average molecular weight is 411 g/mol. The van der Waals surface area contributed by atoms with E-state index in [4.69, 9.17) is 8.92 Å². The summed E-state index contributed by atoms with van der Waals surface area (Å²) >= 11 is 0. The first kappa shape index (κ1) is 20.9. The summed E-state index contributed by atoms with van der Waals surface area (Å²) in [4.78, 5) is 14.7. The van der Waals surface area contributed by atoms with Crippen LogP contribution in [0.25, 0.3) is 0 Å². The molecule has 28 heavy (non-hydrogen) atoms. The molecule has 1 saturated carbocycles. The van der Waals surface area contributed by atoms with Gasteiger partial charge in [0.1, 0.15) is 5.75 Å². The zero-order valence-electron chi connectivity index (χ0n) is 16.4. The lowest BCUT2D eigenvalue weighted by Crippen LogP contribution is -2.47. The fourth-order valence-electron chi connectivity index (χ4n) is 3.81. The number of amides is 2. The molecule has 8 heteroatoms. The van der Waals surface area contributed by atoms with E-state index >= 15 is 0 Å². The Labute approximate surface area is 167 Å². The van der Waals surface area contributed by atoms with Gasteiger partial charge in [-0.2, -0.15) is 8.42 Å². The Morgan fingerprint density at radius 3 is 2.46 bits per heavy atom. The lowest BCUT2D eigenvalue weighted by Gasteiger charge is -2.30. The van der Waals surface area contributed by atoms with Gasteiger partial charge in [0.25, 0.3) is 0 Å². The third-order valence-corrected chi connectivity index (χ3v) is 5.71. The third kappa shape index (κ3) is 6.67. The molecule has 1 aliphatic heterocycles. The fraction of sp³-hybridized carbons (Fsp3) is 0.650. The molecule has 0 radical (unpaired) electrons. The minimum atomic E-state index is -3.55. The Morgan fingerprint density at radius 1 is 1.14 bits per heavy atom. The van der Waals surface area contributed by atoms with E-state index in [1.54, 1.807) is 29.2 Å². The molecule has 2 aliphatic rings. The number of carbonyl (C=O) groups is 1. The first-order chi connectivity index (χ1) is 13.4. The molecule has 2 fully saturated rings. The second-order valence-electron chi connectivity index (χ2n) is 7.73. The zero-order chi connectivity index (χ0) is 20.0. The number of ether oxygens (including phenoxy) is 1. The van der Waals surface area contributed by atoms with Gasteiger partial charge in [-0.1, -0.05) is 31.4 Å². The van der Waals surface area contributed by atoms with Gasteiger partial charge in [0.2, 0.25) is 0 Å². The van der Waals surface area contributed by atoms with Gasteiger partial charge in [-0.25, -0.2) is 4.79 Å². The molecule has 0 spiro atoms. The molecule has 1 heterocycles. The molecule has 0 aromatic heterocycles. The van der Waals surface area contributed by atoms with Crippen LogP contribution in [0.2, 0.25) is 0 Å². The number of nitrogens with zero attached hydrogens (tertiary/aromatic N) is 1. The van der Waals surface area contributed by atoms with E-state index in [1.165, 1.54) is 19.3 Å². The maximum absolute atomic E-state index is 12.9. The highest BCUT2D eigenvalue weighted by molar-refractivity contribution is 7.86. The summed E-state index contributed by atoms with van der Waals surface area (Å²) in [5, 5.41) is 3.18. The summed E-state index contributed by atoms with van der Waals surface area (Å²) < 4.78 is 33.1. The summed E-state index contributed by atoms with van der Waals surface area (Å²) in [5.41, 5.74) is 0.914. The first-order valence-corrected chi connectivity index (χ1v) is 11.9. The molecule has 156 valence electrons. The van der Waals surface area contributed by atoms with Gasteiger partial charge >= 0.3 is 16.1 Å². The molecular formula is C20H30N2O5S. The van der Waals surface area contributed by atoms with E-state index < -0.39 is 10.1 Å². The molecule has 2 amide bonds. The SMILES string of the molecule is CS(=O)(=O)Oc1ccc(CN(CC2CCCO2)C(=O)NC2CCCCC2)cc1. The lowest BCUT2D eigenvalue weighted by molar-refractivity contribution is 0.0785. The van der Waals surface area contributed by atoms with Gasteiger partial charge in [-0.15, -0.1) is 0 Å². The molecule has 1 saturated heterocycles. The molecule has 1 unspecified atom stereocenters. The normalized spacial score (nSPS) is 20.7. The number of hydrogen-bond donors (Lipinski definition) is 1. The van der Waals surface area contributed by atoms with Crippen molar-refractivity contribution in [3.63, 3.8) is 0 Å². The standard InChI is InChI=1S/C20H30N2O5S/c1-28(24,25)27-18-11-9-16(10-12-18)14-22(15-19-8-5-13-26-19)20(23)21-17-6-3-2-4-7-17/h9-12,17,19H,2-8,13-15H2,1H3,(H,21,23). The van der Waals surface area contributed by atoms with Gasteiger partial charge in [-0.05, 0) is 43.4 Å². The van der Waals surface area contributed by atoms with Crippen LogP contribution in [0.5, 0.6) is 5.75 Å². The Morgan fingerprint density at radius 2 is 1.86 bits per heavy atom. The average Bonchev–Trinajstić information content (AvgIpc) is 3.15. The molecule has 0 bridgehead atoms. The maximum atomic E-state index is 12.9. The molecule has 7 nitrogen and oxygen atoms in total. The van der Waals surface area contributed by atoms with E-state index in [2.05, 4.69) is 5.32 Å². The van der Waals surface area contributed by atoms with Crippen LogP contribution in [0.1, 0.15) is 50.5 Å². The fourth-order valence-corrected chi connectivity index (χ4v) is 4.27. The van der Waals surface area contributed by atoms with Crippen molar-refractivity contribution < 1.29 is 22.1 Å². The second-order valence-corrected chi connectivity index (χ2v) is 9.31. The van der Waals surface area contributed by atoms with E-state index in [0.717, 1.165) is 44.1 Å². The quantitative estimate of drug-likeness (QED) is 0.699. The van der Waals surface area contributed by atoms with Crippen molar-refractivity contribution in [1.29, 1.82) is 0 Å². The van der Waals surface area contributed by atoms with Crippen LogP contribution in [0.4, 0.5) is 4.79 Å². The van der Waals surface area contributed by atoms with Crippen LogP contribution < -0.4 is 9.50 Å². The summed E-state index contributed by atoms with van der Waals surface area (Å²) in [6.07, 6.45) is 8.73. The Kier molecular flexibility index (Phi) is 7.18. The van der Waals surface area contributed by atoms with Crippen LogP contribution in [0, 0.1) is 0 Å². The van der Waals surface area contributed by atoms with Crippen molar-refractivity contribution in [2.24, 2.45) is 0 Å². The molecule has 1 N–H and O–H groups in total. The van der Waals surface area contributed by atoms with Gasteiger partial charge in [-0.3, -0.25) is 0 Å². The molecule has 1 aliphatic carbocycles. The van der Waals surface area contributed by atoms with E-state index in [0.29, 0.717) is 13.1 Å². The van der Waals surface area contributed by atoms with Crippen molar-refractivity contribution in [3.05, 3.63) is 29.8 Å². The summed E-state index contributed by atoms with van der Waals surface area (Å²) in [6, 6.07) is 6.99. The van der Waals surface area contributed by atoms with Crippen LogP contribution in [0.3, 0.4) is 0 Å². The summed E-state index contributed by atoms with van der Waals surface area (Å²) in [6.45, 7) is 1.75. The topological polar surface area (TPSA) is 84.9 Å². The van der Waals surface area contributed by atoms with Crippen LogP contribution in [-0.2, 0) is 21.4 Å². The number of benzene rings is 1. The van der Waals surface area contributed by atoms with Crippen molar-refractivity contribution >= 4 is 16.1 Å². The minimum absolute atomic E-state index is 0.0566. The maximum Gasteiger partial charge on any atom is 0.318 e. The highest BCUT2D eigenvalue weighted by Gasteiger charge is 2.25. The number of carbonyl (C=O) groups excluding carboxylic acids is 1. The van der Waals surface area contributed by atoms with Crippen LogP contribution in [0.15, 0.2) is 24.3 Å².